The van der Waals surface area contributed by atoms with Crippen LogP contribution in [0.15, 0.2) is 33.0 Å². The lowest BCUT2D eigenvalue weighted by Gasteiger charge is -2.11. The van der Waals surface area contributed by atoms with Crippen LogP contribution in [0.5, 0.6) is 0 Å². The minimum absolute atomic E-state index is 0.0703. The smallest absolute Gasteiger partial charge is 0.304 e. The van der Waals surface area contributed by atoms with Crippen LogP contribution in [0.25, 0.3) is 0 Å². The number of ether oxygens (including phenoxy) is 1. The lowest BCUT2D eigenvalue weighted by Crippen LogP contribution is -2.30. The molecule has 0 aromatic carbocycles. The zero-order chi connectivity index (χ0) is 13.5. The van der Waals surface area contributed by atoms with E-state index in [0.29, 0.717) is 19.7 Å². The molecule has 2 rings (SSSR count). The Labute approximate surface area is 114 Å². The summed E-state index contributed by atoms with van der Waals surface area (Å²) in [5, 5.41) is 14.5. The molecule has 2 heterocycles. The molecule has 0 aliphatic rings. The van der Waals surface area contributed by atoms with Crippen molar-refractivity contribution in [2.45, 2.75) is 19.3 Å². The number of hydrogen-bond donors (Lipinski definition) is 3. The number of aromatic amines is 1. The lowest BCUT2D eigenvalue weighted by molar-refractivity contribution is 0.0225. The van der Waals surface area contributed by atoms with Crippen LogP contribution in [0.2, 0.25) is 0 Å². The standard InChI is InChI=1S/C12H16N2O4S/c15-10(6-17-7-11-2-1-3-18-11)5-13-4-9-8-19-12(16)14-9/h1-3,8,10,13,15H,4-7H2,(H,14,16). The van der Waals surface area contributed by atoms with Crippen LogP contribution >= 0.6 is 11.3 Å². The summed E-state index contributed by atoms with van der Waals surface area (Å²) in [4.78, 5) is 13.5. The van der Waals surface area contributed by atoms with E-state index in [2.05, 4.69) is 10.3 Å². The molecule has 0 saturated heterocycles. The van der Waals surface area contributed by atoms with Crippen molar-refractivity contribution in [2.24, 2.45) is 0 Å². The fraction of sp³-hybridized carbons (Fsp3) is 0.417. The third-order valence-electron chi connectivity index (χ3n) is 2.40. The molecule has 2 aromatic rings. The van der Waals surface area contributed by atoms with Crippen molar-refractivity contribution in [2.75, 3.05) is 13.2 Å². The molecule has 19 heavy (non-hydrogen) atoms. The second kappa shape index (κ2) is 7.25. The first kappa shape index (κ1) is 14.0. The number of thiazole rings is 1. The molecule has 0 aliphatic heterocycles. The molecule has 0 spiro atoms. The van der Waals surface area contributed by atoms with Gasteiger partial charge in [-0.1, -0.05) is 11.3 Å². The van der Waals surface area contributed by atoms with Gasteiger partial charge in [-0.25, -0.2) is 0 Å². The number of aliphatic hydroxyl groups is 1. The average Bonchev–Trinajstić information content (AvgIpc) is 3.01. The first-order valence-corrected chi connectivity index (χ1v) is 6.77. The Kier molecular flexibility index (Phi) is 5.34. The molecular formula is C12H16N2O4S. The van der Waals surface area contributed by atoms with Gasteiger partial charge >= 0.3 is 4.87 Å². The molecule has 7 heteroatoms. The molecule has 0 radical (unpaired) electrons. The van der Waals surface area contributed by atoms with Crippen molar-refractivity contribution in [3.63, 3.8) is 0 Å². The van der Waals surface area contributed by atoms with Gasteiger partial charge in [0, 0.05) is 24.2 Å². The second-order valence-electron chi connectivity index (χ2n) is 4.05. The predicted octanol–water partition coefficient (Wildman–Crippen LogP) is 0.697. The van der Waals surface area contributed by atoms with Gasteiger partial charge in [0.15, 0.2) is 0 Å². The Bertz CT molecular complexity index is 520. The summed E-state index contributed by atoms with van der Waals surface area (Å²) in [5.41, 5.74) is 0.818. The highest BCUT2D eigenvalue weighted by Gasteiger charge is 2.05. The molecular weight excluding hydrogens is 268 g/mol. The van der Waals surface area contributed by atoms with E-state index in [1.54, 1.807) is 17.7 Å². The van der Waals surface area contributed by atoms with Gasteiger partial charge < -0.3 is 24.6 Å². The van der Waals surface area contributed by atoms with Crippen LogP contribution in [-0.4, -0.2) is 29.3 Å². The maximum absolute atomic E-state index is 10.9. The Morgan fingerprint density at radius 2 is 2.47 bits per heavy atom. The highest BCUT2D eigenvalue weighted by Crippen LogP contribution is 2.02. The zero-order valence-corrected chi connectivity index (χ0v) is 11.1. The molecule has 0 amide bonds. The van der Waals surface area contributed by atoms with E-state index >= 15 is 0 Å². The summed E-state index contributed by atoms with van der Waals surface area (Å²) in [5.74, 6) is 0.732. The van der Waals surface area contributed by atoms with E-state index in [-0.39, 0.29) is 11.5 Å². The maximum Gasteiger partial charge on any atom is 0.304 e. The molecule has 1 unspecified atom stereocenters. The molecule has 3 N–H and O–H groups in total. The van der Waals surface area contributed by atoms with Crippen LogP contribution in [0.1, 0.15) is 11.5 Å². The number of hydrogen-bond acceptors (Lipinski definition) is 6. The number of furan rings is 1. The van der Waals surface area contributed by atoms with E-state index in [0.717, 1.165) is 22.8 Å². The Morgan fingerprint density at radius 3 is 3.16 bits per heavy atom. The Morgan fingerprint density at radius 1 is 1.58 bits per heavy atom. The van der Waals surface area contributed by atoms with Crippen LogP contribution in [0.3, 0.4) is 0 Å². The normalized spacial score (nSPS) is 12.7. The number of rotatable bonds is 8. The van der Waals surface area contributed by atoms with Gasteiger partial charge in [-0.15, -0.1) is 0 Å². The number of aliphatic hydroxyl groups excluding tert-OH is 1. The van der Waals surface area contributed by atoms with E-state index in [1.165, 1.54) is 0 Å². The SMILES string of the molecule is O=c1[nH]c(CNCC(O)COCc2ccco2)cs1. The molecule has 1 atom stereocenters. The van der Waals surface area contributed by atoms with Crippen molar-refractivity contribution in [3.05, 3.63) is 44.9 Å². The Hall–Kier alpha value is -1.41. The molecule has 104 valence electrons. The topological polar surface area (TPSA) is 87.5 Å². The lowest BCUT2D eigenvalue weighted by atomic mass is 10.3. The van der Waals surface area contributed by atoms with Gasteiger partial charge in [-0.2, -0.15) is 0 Å². The third-order valence-corrected chi connectivity index (χ3v) is 3.12. The molecule has 0 bridgehead atoms. The fourth-order valence-corrected chi connectivity index (χ4v) is 2.10. The van der Waals surface area contributed by atoms with Gasteiger partial charge in [0.05, 0.1) is 19.0 Å². The van der Waals surface area contributed by atoms with Crippen molar-refractivity contribution in [1.29, 1.82) is 0 Å². The number of aromatic nitrogens is 1. The minimum Gasteiger partial charge on any atom is -0.467 e. The first-order chi connectivity index (χ1) is 9.24. The van der Waals surface area contributed by atoms with Gasteiger partial charge in [0.2, 0.25) is 0 Å². The summed E-state index contributed by atoms with van der Waals surface area (Å²) >= 11 is 1.13. The van der Waals surface area contributed by atoms with E-state index in [1.807, 2.05) is 6.07 Å². The van der Waals surface area contributed by atoms with Crippen LogP contribution in [0.4, 0.5) is 0 Å². The Balaban J connectivity index is 1.57. The first-order valence-electron chi connectivity index (χ1n) is 5.89. The van der Waals surface area contributed by atoms with Crippen molar-refractivity contribution in [3.8, 4) is 0 Å². The highest BCUT2D eigenvalue weighted by atomic mass is 32.1. The van der Waals surface area contributed by atoms with E-state index in [4.69, 9.17) is 9.15 Å². The zero-order valence-electron chi connectivity index (χ0n) is 10.3. The van der Waals surface area contributed by atoms with Crippen LogP contribution in [-0.2, 0) is 17.9 Å². The minimum atomic E-state index is -0.597. The predicted molar refractivity (Wildman–Crippen MR) is 71.0 cm³/mol. The molecule has 6 nitrogen and oxygen atoms in total. The second-order valence-corrected chi connectivity index (χ2v) is 4.89. The summed E-state index contributed by atoms with van der Waals surface area (Å²) in [6.07, 6.45) is 0.985. The van der Waals surface area contributed by atoms with E-state index in [9.17, 15) is 9.90 Å². The largest absolute Gasteiger partial charge is 0.467 e. The van der Waals surface area contributed by atoms with Gasteiger partial charge in [0.1, 0.15) is 12.4 Å². The summed E-state index contributed by atoms with van der Waals surface area (Å²) in [6, 6.07) is 3.61. The number of H-pyrrole nitrogens is 1. The van der Waals surface area contributed by atoms with Gasteiger partial charge in [-0.3, -0.25) is 4.79 Å². The fourth-order valence-electron chi connectivity index (χ4n) is 1.52. The van der Waals surface area contributed by atoms with Gasteiger partial charge in [0.25, 0.3) is 0 Å². The third kappa shape index (κ3) is 4.99. The average molecular weight is 284 g/mol. The summed E-state index contributed by atoms with van der Waals surface area (Å²) in [7, 11) is 0. The van der Waals surface area contributed by atoms with E-state index < -0.39 is 6.10 Å². The van der Waals surface area contributed by atoms with Gasteiger partial charge in [-0.05, 0) is 12.1 Å². The summed E-state index contributed by atoms with van der Waals surface area (Å²) in [6.45, 7) is 1.50. The monoisotopic (exact) mass is 284 g/mol. The number of nitrogens with one attached hydrogen (secondary N) is 2. The molecule has 0 saturated carbocycles. The quantitative estimate of drug-likeness (QED) is 0.664. The van der Waals surface area contributed by atoms with Crippen molar-refractivity contribution in [1.82, 2.24) is 10.3 Å². The van der Waals surface area contributed by atoms with Crippen LogP contribution < -0.4 is 10.2 Å². The molecule has 2 aromatic heterocycles. The van der Waals surface area contributed by atoms with Crippen LogP contribution in [0, 0.1) is 0 Å². The van der Waals surface area contributed by atoms with Crippen molar-refractivity contribution >= 4 is 11.3 Å². The highest BCUT2D eigenvalue weighted by molar-refractivity contribution is 7.07. The molecule has 0 aliphatic carbocycles. The molecule has 0 fully saturated rings. The summed E-state index contributed by atoms with van der Waals surface area (Å²) < 4.78 is 10.4. The van der Waals surface area contributed by atoms with Crippen molar-refractivity contribution < 1.29 is 14.3 Å². The maximum atomic E-state index is 10.9.